The molecule has 278 valence electrons. The molecule has 4 aromatic carbocycles. The maximum Gasteiger partial charge on any atom is 0.227 e. The first-order valence-electron chi connectivity index (χ1n) is 17.7. The number of methoxy groups -OCH3 is 2. The highest BCUT2D eigenvalue weighted by Gasteiger charge is 2.19. The summed E-state index contributed by atoms with van der Waals surface area (Å²) in [7, 11) is 7.31. The summed E-state index contributed by atoms with van der Waals surface area (Å²) in [5, 5.41) is 10.8. The van der Waals surface area contributed by atoms with E-state index in [1.54, 1.807) is 32.5 Å². The van der Waals surface area contributed by atoms with Crippen molar-refractivity contribution < 1.29 is 23.8 Å². The predicted octanol–water partition coefficient (Wildman–Crippen LogP) is 7.62. The zero-order valence-corrected chi connectivity index (χ0v) is 31.2. The van der Waals surface area contributed by atoms with E-state index in [1.807, 2.05) is 74.8 Å². The van der Waals surface area contributed by atoms with Gasteiger partial charge in [0.1, 0.15) is 29.5 Å². The number of hydrogen-bond donors (Lipinski definition) is 3. The maximum absolute atomic E-state index is 12.2. The highest BCUT2D eigenvalue weighted by Crippen LogP contribution is 2.41. The van der Waals surface area contributed by atoms with Gasteiger partial charge in [-0.1, -0.05) is 42.5 Å². The third-order valence-electron chi connectivity index (χ3n) is 8.88. The van der Waals surface area contributed by atoms with E-state index >= 15 is 0 Å². The Hall–Kier alpha value is -6.40. The fraction of sp³-hybridized carbons (Fsp3) is 0.238. The molecule has 2 heterocycles. The number of nitrogens with zero attached hydrogens (tertiary/aromatic N) is 4. The number of hydrogen-bond acceptors (Lipinski definition) is 10. The SMILES string of the molecule is COc1ccc(COc2c(C=O)cccc2Cn2cc(-c3ccnc(Nc4c(NC(C)=O)ccc(OC)c4NCCCN(C)C)n3)c3ccccc32)cc1. The van der Waals surface area contributed by atoms with Crippen LogP contribution in [0.5, 0.6) is 17.2 Å². The van der Waals surface area contributed by atoms with Crippen LogP contribution in [0.15, 0.2) is 97.3 Å². The van der Waals surface area contributed by atoms with Crippen molar-refractivity contribution in [1.82, 2.24) is 19.4 Å². The Bertz CT molecular complexity index is 2230. The number of benzene rings is 4. The van der Waals surface area contributed by atoms with Crippen LogP contribution >= 0.6 is 0 Å². The Kier molecular flexibility index (Phi) is 12.0. The van der Waals surface area contributed by atoms with Gasteiger partial charge in [-0.3, -0.25) is 9.59 Å². The Morgan fingerprint density at radius 1 is 0.926 bits per heavy atom. The molecule has 54 heavy (non-hydrogen) atoms. The van der Waals surface area contributed by atoms with Gasteiger partial charge in [-0.25, -0.2) is 9.97 Å². The second-order valence-corrected chi connectivity index (χ2v) is 13.0. The van der Waals surface area contributed by atoms with Gasteiger partial charge in [0.25, 0.3) is 0 Å². The van der Waals surface area contributed by atoms with E-state index in [9.17, 15) is 9.59 Å². The molecule has 0 fully saturated rings. The summed E-state index contributed by atoms with van der Waals surface area (Å²) in [6.07, 6.45) is 5.49. The van der Waals surface area contributed by atoms with E-state index in [0.717, 1.165) is 52.6 Å². The summed E-state index contributed by atoms with van der Waals surface area (Å²) in [4.78, 5) is 36.0. The molecule has 12 heteroatoms. The third-order valence-corrected chi connectivity index (χ3v) is 8.88. The average Bonchev–Trinajstić information content (AvgIpc) is 3.55. The zero-order chi connectivity index (χ0) is 38.0. The molecule has 0 saturated heterocycles. The third kappa shape index (κ3) is 8.79. The minimum Gasteiger partial charge on any atom is -0.497 e. The summed E-state index contributed by atoms with van der Waals surface area (Å²) in [5.74, 6) is 2.04. The smallest absolute Gasteiger partial charge is 0.227 e. The van der Waals surface area contributed by atoms with Gasteiger partial charge in [-0.15, -0.1) is 0 Å². The number of nitrogens with one attached hydrogen (secondary N) is 3. The Morgan fingerprint density at radius 2 is 1.74 bits per heavy atom. The lowest BCUT2D eigenvalue weighted by atomic mass is 10.1. The molecule has 0 unspecified atom stereocenters. The van der Waals surface area contributed by atoms with Crippen molar-refractivity contribution in [2.45, 2.75) is 26.5 Å². The topological polar surface area (TPSA) is 132 Å². The number of ether oxygens (including phenoxy) is 3. The molecule has 0 aliphatic rings. The van der Waals surface area contributed by atoms with Crippen molar-refractivity contribution in [3.8, 4) is 28.5 Å². The first kappa shape index (κ1) is 37.4. The van der Waals surface area contributed by atoms with Crippen LogP contribution in [0.25, 0.3) is 22.2 Å². The number of amides is 1. The summed E-state index contributed by atoms with van der Waals surface area (Å²) in [5.41, 5.74) is 6.72. The maximum atomic E-state index is 12.2. The molecule has 0 saturated carbocycles. The lowest BCUT2D eigenvalue weighted by Gasteiger charge is -2.20. The summed E-state index contributed by atoms with van der Waals surface area (Å²) < 4.78 is 19.5. The van der Waals surface area contributed by atoms with Gasteiger partial charge >= 0.3 is 0 Å². The Morgan fingerprint density at radius 3 is 2.48 bits per heavy atom. The molecule has 0 bridgehead atoms. The number of aromatic nitrogens is 3. The van der Waals surface area contributed by atoms with E-state index in [2.05, 4.69) is 48.7 Å². The fourth-order valence-electron chi connectivity index (χ4n) is 6.28. The highest BCUT2D eigenvalue weighted by molar-refractivity contribution is 5.99. The molecular weight excluding hydrogens is 683 g/mol. The molecular formula is C42H45N7O5. The van der Waals surface area contributed by atoms with E-state index in [-0.39, 0.29) is 5.91 Å². The van der Waals surface area contributed by atoms with Crippen molar-refractivity contribution in [2.24, 2.45) is 0 Å². The molecule has 3 N–H and O–H groups in total. The number of carbonyl (C=O) groups is 2. The summed E-state index contributed by atoms with van der Waals surface area (Å²) >= 11 is 0. The van der Waals surface area contributed by atoms with Gasteiger partial charge in [0.05, 0.1) is 43.4 Å². The van der Waals surface area contributed by atoms with E-state index in [0.29, 0.717) is 65.5 Å². The fourth-order valence-corrected chi connectivity index (χ4v) is 6.28. The number of aldehydes is 1. The van der Waals surface area contributed by atoms with Crippen LogP contribution in [0.3, 0.4) is 0 Å². The van der Waals surface area contributed by atoms with Crippen LogP contribution in [0.1, 0.15) is 34.8 Å². The van der Waals surface area contributed by atoms with E-state index in [1.165, 1.54) is 6.92 Å². The van der Waals surface area contributed by atoms with Crippen molar-refractivity contribution in [3.63, 3.8) is 0 Å². The van der Waals surface area contributed by atoms with E-state index in [4.69, 9.17) is 19.2 Å². The Labute approximate surface area is 315 Å². The molecule has 0 aliphatic heterocycles. The normalized spacial score (nSPS) is 11.0. The minimum atomic E-state index is -0.211. The van der Waals surface area contributed by atoms with Crippen molar-refractivity contribution in [3.05, 3.63) is 114 Å². The molecule has 6 aromatic rings. The van der Waals surface area contributed by atoms with E-state index < -0.39 is 0 Å². The quantitative estimate of drug-likeness (QED) is 0.0637. The van der Waals surface area contributed by atoms with Gasteiger partial charge < -0.3 is 39.6 Å². The van der Waals surface area contributed by atoms with Gasteiger partial charge in [0, 0.05) is 47.9 Å². The molecule has 2 aromatic heterocycles. The largest absolute Gasteiger partial charge is 0.497 e. The van der Waals surface area contributed by atoms with Crippen LogP contribution in [0, 0.1) is 0 Å². The molecule has 6 rings (SSSR count). The van der Waals surface area contributed by atoms with Gasteiger partial charge in [-0.2, -0.15) is 0 Å². The van der Waals surface area contributed by atoms with Crippen LogP contribution in [-0.4, -0.2) is 73.0 Å². The standard InChI is InChI=1S/C42H45N7O5/c1-28(51)45-36-18-19-38(53-5)40(43-21-9-23-48(2)3)39(36)47-42-44-22-20-35(46-42)34-25-49(37-13-7-6-12-33(34)37)24-30-10-8-11-31(26-50)41(30)54-27-29-14-16-32(52-4)17-15-29/h6-8,10-20,22,25-26,43H,9,21,23-24,27H2,1-5H3,(H,45,51)(H,44,46,47). The highest BCUT2D eigenvalue weighted by atomic mass is 16.5. The van der Waals surface area contributed by atoms with Gasteiger partial charge in [-0.05, 0) is 75.1 Å². The number of fused-ring (bicyclic) bond motifs is 1. The number of anilines is 4. The second kappa shape index (κ2) is 17.4. The molecule has 12 nitrogen and oxygen atoms in total. The van der Waals surface area contributed by atoms with Crippen molar-refractivity contribution in [2.75, 3.05) is 57.4 Å². The first-order valence-corrected chi connectivity index (χ1v) is 17.7. The van der Waals surface area contributed by atoms with Crippen LogP contribution in [-0.2, 0) is 17.9 Å². The molecule has 0 atom stereocenters. The number of rotatable bonds is 17. The molecule has 1 amide bonds. The summed E-state index contributed by atoms with van der Waals surface area (Å²) in [6, 6.07) is 26.9. The van der Waals surface area contributed by atoms with Crippen molar-refractivity contribution >= 4 is 46.1 Å². The average molecular weight is 728 g/mol. The molecule has 0 aliphatic carbocycles. The van der Waals surface area contributed by atoms with Gasteiger partial charge in [0.15, 0.2) is 6.29 Å². The second-order valence-electron chi connectivity index (χ2n) is 13.0. The first-order chi connectivity index (χ1) is 26.3. The van der Waals surface area contributed by atoms with Crippen LogP contribution in [0.4, 0.5) is 23.0 Å². The molecule has 0 spiro atoms. The lowest BCUT2D eigenvalue weighted by molar-refractivity contribution is -0.114. The Balaban J connectivity index is 1.33. The lowest BCUT2D eigenvalue weighted by Crippen LogP contribution is -2.17. The number of carbonyl (C=O) groups excluding carboxylic acids is 2. The van der Waals surface area contributed by atoms with Gasteiger partial charge in [0.2, 0.25) is 11.9 Å². The van der Waals surface area contributed by atoms with Crippen molar-refractivity contribution in [1.29, 1.82) is 0 Å². The summed E-state index contributed by atoms with van der Waals surface area (Å²) in [6.45, 7) is 3.79. The monoisotopic (exact) mass is 727 g/mol. The molecule has 0 radical (unpaired) electrons. The van der Waals surface area contributed by atoms with Crippen LogP contribution < -0.4 is 30.2 Å². The predicted molar refractivity (Wildman–Crippen MR) is 213 cm³/mol. The van der Waals surface area contributed by atoms with Crippen LogP contribution in [0.2, 0.25) is 0 Å². The zero-order valence-electron chi connectivity index (χ0n) is 31.2. The minimum absolute atomic E-state index is 0.211. The number of para-hydroxylation sites is 2.